The molecule has 0 saturated carbocycles. The molecule has 2 aromatic carbocycles. The molecule has 0 bridgehead atoms. The molecule has 0 radical (unpaired) electrons. The van der Waals surface area contributed by atoms with Crippen molar-refractivity contribution in [1.82, 2.24) is 14.5 Å². The number of alkyl halides is 3. The minimum Gasteiger partial charge on any atom is -0.335 e. The molecule has 202 valence electrons. The molecule has 0 aliphatic carbocycles. The van der Waals surface area contributed by atoms with Crippen molar-refractivity contribution in [1.29, 1.82) is 0 Å². The third-order valence-corrected chi connectivity index (χ3v) is 6.08. The third kappa shape index (κ3) is 5.82. The smallest absolute Gasteiger partial charge is 0.335 e. The van der Waals surface area contributed by atoms with Gasteiger partial charge >= 0.3 is 6.18 Å². The summed E-state index contributed by atoms with van der Waals surface area (Å²) in [5, 5.41) is 2.57. The first-order valence-electron chi connectivity index (χ1n) is 11.5. The maximum absolute atomic E-state index is 14.0. The zero-order chi connectivity index (χ0) is 27.8. The van der Waals surface area contributed by atoms with Gasteiger partial charge in [-0.3, -0.25) is 9.59 Å². The Hall–Kier alpha value is -3.87. The zero-order valence-corrected chi connectivity index (χ0v) is 20.1. The van der Waals surface area contributed by atoms with Crippen LogP contribution >= 0.6 is 0 Å². The van der Waals surface area contributed by atoms with Gasteiger partial charge in [-0.15, -0.1) is 0 Å². The molecule has 7 nitrogen and oxygen atoms in total. The summed E-state index contributed by atoms with van der Waals surface area (Å²) >= 11 is 0. The molecule has 2 amide bonds. The number of hydrogen-bond donors (Lipinski definition) is 2. The molecule has 4 rings (SSSR count). The predicted molar refractivity (Wildman–Crippen MR) is 125 cm³/mol. The molecule has 0 spiro atoms. The Labute approximate surface area is 213 Å². The fourth-order valence-electron chi connectivity index (χ4n) is 4.40. The van der Waals surface area contributed by atoms with Crippen LogP contribution < -0.4 is 11.1 Å². The summed E-state index contributed by atoms with van der Waals surface area (Å²) in [5.74, 6) is -5.57. The van der Waals surface area contributed by atoms with Crippen molar-refractivity contribution in [2.24, 2.45) is 5.73 Å². The van der Waals surface area contributed by atoms with Gasteiger partial charge in [-0.05, 0) is 30.2 Å². The van der Waals surface area contributed by atoms with Gasteiger partial charge in [0.2, 0.25) is 17.6 Å². The molecule has 38 heavy (non-hydrogen) atoms. The lowest BCUT2D eigenvalue weighted by atomic mass is 10.0. The first kappa shape index (κ1) is 27.2. The average Bonchev–Trinajstić information content (AvgIpc) is 3.22. The van der Waals surface area contributed by atoms with Crippen molar-refractivity contribution in [2.45, 2.75) is 45.1 Å². The first-order valence-corrected chi connectivity index (χ1v) is 11.5. The molecule has 13 heteroatoms. The van der Waals surface area contributed by atoms with Crippen LogP contribution in [-0.2, 0) is 35.3 Å². The Bertz CT molecular complexity index is 1390. The van der Waals surface area contributed by atoms with E-state index < -0.39 is 41.4 Å². The van der Waals surface area contributed by atoms with E-state index >= 15 is 0 Å². The number of anilines is 1. The molecule has 3 aromatic rings. The minimum atomic E-state index is -4.74. The molecular weight excluding hydrogens is 516 g/mol. The van der Waals surface area contributed by atoms with Gasteiger partial charge in [0, 0.05) is 49.8 Å². The highest BCUT2D eigenvalue weighted by molar-refractivity contribution is 5.89. The van der Waals surface area contributed by atoms with Crippen molar-refractivity contribution in [3.8, 4) is 11.3 Å². The summed E-state index contributed by atoms with van der Waals surface area (Å²) in [7, 11) is 0. The lowest BCUT2D eigenvalue weighted by Crippen LogP contribution is -2.42. The summed E-state index contributed by atoms with van der Waals surface area (Å²) < 4.78 is 82.9. The maximum Gasteiger partial charge on any atom is 0.449 e. The lowest BCUT2D eigenvalue weighted by Gasteiger charge is -2.30. The molecule has 0 saturated heterocycles. The fourth-order valence-corrected chi connectivity index (χ4v) is 4.40. The Morgan fingerprint density at radius 2 is 1.79 bits per heavy atom. The Morgan fingerprint density at radius 1 is 1.08 bits per heavy atom. The normalized spacial score (nSPS) is 14.3. The molecule has 0 unspecified atom stereocenters. The van der Waals surface area contributed by atoms with E-state index in [1.165, 1.54) is 17.9 Å². The van der Waals surface area contributed by atoms with E-state index in [0.717, 1.165) is 4.57 Å². The topological polar surface area (TPSA) is 93.2 Å². The number of aromatic nitrogens is 2. The number of rotatable bonds is 6. The molecule has 0 fully saturated rings. The maximum atomic E-state index is 14.0. The van der Waals surface area contributed by atoms with Crippen LogP contribution in [0.3, 0.4) is 0 Å². The van der Waals surface area contributed by atoms with E-state index in [4.69, 9.17) is 5.73 Å². The number of hydrogen-bond acceptors (Lipinski definition) is 4. The van der Waals surface area contributed by atoms with Gasteiger partial charge in [-0.2, -0.15) is 13.2 Å². The van der Waals surface area contributed by atoms with Crippen LogP contribution in [0.4, 0.5) is 32.0 Å². The van der Waals surface area contributed by atoms with Crippen LogP contribution in [0.2, 0.25) is 0 Å². The number of carbonyl (C=O) groups is 2. The van der Waals surface area contributed by atoms with Gasteiger partial charge in [0.25, 0.3) is 0 Å². The van der Waals surface area contributed by atoms with E-state index in [0.29, 0.717) is 23.4 Å². The highest BCUT2D eigenvalue weighted by Gasteiger charge is 2.41. The van der Waals surface area contributed by atoms with Crippen LogP contribution in [0.5, 0.6) is 0 Å². The number of nitrogens with one attached hydrogen (secondary N) is 1. The van der Waals surface area contributed by atoms with Gasteiger partial charge < -0.3 is 20.5 Å². The second-order valence-electron chi connectivity index (χ2n) is 8.98. The predicted octanol–water partition coefficient (Wildman–Crippen LogP) is 4.25. The molecular formula is C25H23F6N5O2. The van der Waals surface area contributed by atoms with E-state index in [1.807, 2.05) is 0 Å². The van der Waals surface area contributed by atoms with Crippen molar-refractivity contribution in [3.63, 3.8) is 0 Å². The number of amides is 2. The molecule has 1 atom stereocenters. The van der Waals surface area contributed by atoms with Crippen LogP contribution in [0.25, 0.3) is 11.3 Å². The van der Waals surface area contributed by atoms with Gasteiger partial charge in [-0.25, -0.2) is 18.2 Å². The second kappa shape index (κ2) is 10.5. The zero-order valence-electron chi connectivity index (χ0n) is 20.1. The average molecular weight is 539 g/mol. The SMILES string of the molecule is CC(=O)Nc1cccc(-c2nc(C(F)(F)F)n3c2CN(C(=O)C[C@H](N)Cc2cc(F)c(F)cc2F)CC3)c1. The van der Waals surface area contributed by atoms with Crippen LogP contribution in [-0.4, -0.2) is 38.9 Å². The summed E-state index contributed by atoms with van der Waals surface area (Å²) in [5.41, 5.74) is 6.62. The molecule has 1 aliphatic heterocycles. The molecule has 3 N–H and O–H groups in total. The highest BCUT2D eigenvalue weighted by atomic mass is 19.4. The van der Waals surface area contributed by atoms with Crippen LogP contribution in [0.15, 0.2) is 36.4 Å². The number of nitrogens with zero attached hydrogens (tertiary/aromatic N) is 3. The van der Waals surface area contributed by atoms with Gasteiger partial charge in [0.15, 0.2) is 11.6 Å². The van der Waals surface area contributed by atoms with Crippen molar-refractivity contribution in [2.75, 3.05) is 11.9 Å². The van der Waals surface area contributed by atoms with E-state index in [2.05, 4.69) is 10.3 Å². The first-order chi connectivity index (χ1) is 17.8. The third-order valence-electron chi connectivity index (χ3n) is 6.08. The van der Waals surface area contributed by atoms with Gasteiger partial charge in [0.1, 0.15) is 5.82 Å². The minimum absolute atomic E-state index is 0.00943. The van der Waals surface area contributed by atoms with E-state index in [9.17, 15) is 35.9 Å². The van der Waals surface area contributed by atoms with Crippen molar-refractivity contribution in [3.05, 3.63) is 70.9 Å². The fraction of sp³-hybridized carbons (Fsp3) is 0.320. The standard InChI is InChI=1S/C25H23F6N5O2/c1-13(37)33-17-4-2-3-14(8-17)23-21-12-35(5-6-36(21)24(34-23)25(29,30)31)22(38)10-16(32)7-15-9-19(27)20(28)11-18(15)26/h2-4,8-9,11,16H,5-7,10,12,32H2,1H3,(H,33,37)/t16-/m1/s1. The summed E-state index contributed by atoms with van der Waals surface area (Å²) in [6.45, 7) is 0.861. The van der Waals surface area contributed by atoms with Crippen LogP contribution in [0, 0.1) is 17.5 Å². The van der Waals surface area contributed by atoms with Crippen molar-refractivity contribution >= 4 is 17.5 Å². The van der Waals surface area contributed by atoms with Gasteiger partial charge in [-0.1, -0.05) is 12.1 Å². The number of carbonyl (C=O) groups excluding carboxylic acids is 2. The highest BCUT2D eigenvalue weighted by Crippen LogP contribution is 2.36. The second-order valence-corrected chi connectivity index (χ2v) is 8.98. The number of benzene rings is 2. The van der Waals surface area contributed by atoms with E-state index in [-0.39, 0.29) is 55.3 Å². The van der Waals surface area contributed by atoms with Crippen molar-refractivity contribution < 1.29 is 35.9 Å². The summed E-state index contributed by atoms with van der Waals surface area (Å²) in [6, 6.07) is 6.28. The van der Waals surface area contributed by atoms with Gasteiger partial charge in [0.05, 0.1) is 17.9 Å². The summed E-state index contributed by atoms with van der Waals surface area (Å²) in [4.78, 5) is 29.5. The van der Waals surface area contributed by atoms with E-state index in [1.54, 1.807) is 18.2 Å². The largest absolute Gasteiger partial charge is 0.449 e. The quantitative estimate of drug-likeness (QED) is 0.362. The Kier molecular flexibility index (Phi) is 7.49. The number of halogens is 6. The van der Waals surface area contributed by atoms with Crippen LogP contribution in [0.1, 0.15) is 30.4 Å². The monoisotopic (exact) mass is 539 g/mol. The number of nitrogens with two attached hydrogens (primary N) is 1. The molecule has 2 heterocycles. The number of fused-ring (bicyclic) bond motifs is 1. The molecule has 1 aliphatic rings. The lowest BCUT2D eigenvalue weighted by molar-refractivity contribution is -0.148. The number of imidazole rings is 1. The summed E-state index contributed by atoms with van der Waals surface area (Å²) in [6.07, 6.45) is -5.29. The Morgan fingerprint density at radius 3 is 2.47 bits per heavy atom. The molecule has 1 aromatic heterocycles. The Balaban J connectivity index is 1.57.